The number of hydrogen-bond acceptors (Lipinski definition) is 3. The van der Waals surface area contributed by atoms with Gasteiger partial charge in [-0.3, -0.25) is 0 Å². The van der Waals surface area contributed by atoms with E-state index in [2.05, 4.69) is 0 Å². The Bertz CT molecular complexity index is 538. The number of carboxylic acid groups (broad SMARTS) is 1. The SMILES string of the molecule is CC1c2ccsc2CCN1C(=O)N(C)C(C)(C)C(=O)O. The van der Waals surface area contributed by atoms with Gasteiger partial charge in [0.2, 0.25) is 0 Å². The monoisotopic (exact) mass is 296 g/mol. The van der Waals surface area contributed by atoms with Crippen LogP contribution in [0.4, 0.5) is 4.79 Å². The topological polar surface area (TPSA) is 60.9 Å². The first kappa shape index (κ1) is 14.8. The van der Waals surface area contributed by atoms with Crippen molar-refractivity contribution in [1.82, 2.24) is 9.80 Å². The molecule has 20 heavy (non-hydrogen) atoms. The van der Waals surface area contributed by atoms with E-state index >= 15 is 0 Å². The summed E-state index contributed by atoms with van der Waals surface area (Å²) < 4.78 is 0. The molecule has 0 fully saturated rings. The molecule has 5 nitrogen and oxygen atoms in total. The Labute approximate surface area is 122 Å². The lowest BCUT2D eigenvalue weighted by atomic mass is 10.0. The zero-order valence-corrected chi connectivity index (χ0v) is 13.0. The average molecular weight is 296 g/mol. The van der Waals surface area contributed by atoms with Crippen LogP contribution in [-0.4, -0.2) is 46.0 Å². The van der Waals surface area contributed by atoms with E-state index in [0.717, 1.165) is 6.42 Å². The number of thiophene rings is 1. The third-order valence-electron chi connectivity index (χ3n) is 4.17. The number of hydrogen-bond donors (Lipinski definition) is 1. The highest BCUT2D eigenvalue weighted by Crippen LogP contribution is 2.33. The van der Waals surface area contributed by atoms with Crippen molar-refractivity contribution in [3.63, 3.8) is 0 Å². The maximum Gasteiger partial charge on any atom is 0.329 e. The molecule has 2 heterocycles. The highest BCUT2D eigenvalue weighted by molar-refractivity contribution is 7.10. The molecule has 0 aliphatic carbocycles. The van der Waals surface area contributed by atoms with E-state index in [1.54, 1.807) is 23.3 Å². The summed E-state index contributed by atoms with van der Waals surface area (Å²) in [4.78, 5) is 28.2. The van der Waals surface area contributed by atoms with Gasteiger partial charge in [-0.25, -0.2) is 9.59 Å². The normalized spacial score (nSPS) is 18.6. The lowest BCUT2D eigenvalue weighted by Crippen LogP contribution is -2.56. The second kappa shape index (κ2) is 5.09. The number of likely N-dealkylation sites (N-methyl/N-ethyl adjacent to an activating group) is 1. The summed E-state index contributed by atoms with van der Waals surface area (Å²) in [5.41, 5.74) is -0.0396. The number of rotatable bonds is 2. The minimum Gasteiger partial charge on any atom is -0.480 e. The van der Waals surface area contributed by atoms with Crippen molar-refractivity contribution in [2.24, 2.45) is 0 Å². The summed E-state index contributed by atoms with van der Waals surface area (Å²) in [5, 5.41) is 11.3. The number of carbonyl (C=O) groups excluding carboxylic acids is 1. The highest BCUT2D eigenvalue weighted by atomic mass is 32.1. The first-order chi connectivity index (χ1) is 9.26. The summed E-state index contributed by atoms with van der Waals surface area (Å²) in [6, 6.07) is 1.80. The number of aliphatic carboxylic acids is 1. The van der Waals surface area contributed by atoms with Gasteiger partial charge in [-0.05, 0) is 44.2 Å². The van der Waals surface area contributed by atoms with Crippen molar-refractivity contribution >= 4 is 23.3 Å². The molecule has 1 N–H and O–H groups in total. The number of urea groups is 1. The molecule has 0 saturated heterocycles. The van der Waals surface area contributed by atoms with E-state index in [4.69, 9.17) is 0 Å². The standard InChI is InChI=1S/C14H20N2O3S/c1-9-10-6-8-20-11(10)5-7-16(9)13(19)15(4)14(2,3)12(17)18/h6,8-9H,5,7H2,1-4H3,(H,17,18). The van der Waals surface area contributed by atoms with Crippen LogP contribution in [0.15, 0.2) is 11.4 Å². The Morgan fingerprint density at radius 2 is 2.15 bits per heavy atom. The summed E-state index contributed by atoms with van der Waals surface area (Å²) in [6.45, 7) is 5.70. The van der Waals surface area contributed by atoms with Crippen molar-refractivity contribution in [2.45, 2.75) is 38.8 Å². The van der Waals surface area contributed by atoms with Crippen molar-refractivity contribution in [3.8, 4) is 0 Å². The summed E-state index contributed by atoms with van der Waals surface area (Å²) >= 11 is 1.72. The molecule has 0 spiro atoms. The summed E-state index contributed by atoms with van der Waals surface area (Å²) in [6.07, 6.45) is 0.838. The van der Waals surface area contributed by atoms with Gasteiger partial charge in [0, 0.05) is 18.5 Å². The molecule has 1 unspecified atom stereocenters. The quantitative estimate of drug-likeness (QED) is 0.912. The minimum atomic E-state index is -1.22. The minimum absolute atomic E-state index is 0.00968. The van der Waals surface area contributed by atoms with Crippen LogP contribution >= 0.6 is 11.3 Å². The zero-order valence-electron chi connectivity index (χ0n) is 12.2. The van der Waals surface area contributed by atoms with Gasteiger partial charge in [-0.1, -0.05) is 0 Å². The molecular weight excluding hydrogens is 276 g/mol. The predicted octanol–water partition coefficient (Wildman–Crippen LogP) is 2.58. The van der Waals surface area contributed by atoms with Gasteiger partial charge in [-0.15, -0.1) is 11.3 Å². The van der Waals surface area contributed by atoms with Crippen LogP contribution in [0.25, 0.3) is 0 Å². The van der Waals surface area contributed by atoms with Crippen molar-refractivity contribution in [1.29, 1.82) is 0 Å². The Hall–Kier alpha value is -1.56. The predicted molar refractivity (Wildman–Crippen MR) is 78.0 cm³/mol. The van der Waals surface area contributed by atoms with Crippen molar-refractivity contribution in [2.75, 3.05) is 13.6 Å². The van der Waals surface area contributed by atoms with Crippen molar-refractivity contribution < 1.29 is 14.7 Å². The van der Waals surface area contributed by atoms with Gasteiger partial charge in [0.05, 0.1) is 6.04 Å². The molecule has 1 aliphatic rings. The third kappa shape index (κ3) is 2.28. The van der Waals surface area contributed by atoms with E-state index in [1.165, 1.54) is 29.2 Å². The maximum absolute atomic E-state index is 12.6. The van der Waals surface area contributed by atoms with Gasteiger partial charge in [0.1, 0.15) is 5.54 Å². The lowest BCUT2D eigenvalue weighted by molar-refractivity contribution is -0.147. The van der Waals surface area contributed by atoms with Gasteiger partial charge in [0.15, 0.2) is 0 Å². The van der Waals surface area contributed by atoms with Gasteiger partial charge >= 0.3 is 12.0 Å². The second-order valence-corrected chi connectivity index (χ2v) is 6.62. The van der Waals surface area contributed by atoms with Crippen LogP contribution in [0.2, 0.25) is 0 Å². The largest absolute Gasteiger partial charge is 0.480 e. The maximum atomic E-state index is 12.6. The number of amides is 2. The van der Waals surface area contributed by atoms with E-state index in [0.29, 0.717) is 6.54 Å². The second-order valence-electron chi connectivity index (χ2n) is 5.62. The number of nitrogens with zero attached hydrogens (tertiary/aromatic N) is 2. The molecule has 110 valence electrons. The average Bonchev–Trinajstić information content (AvgIpc) is 2.86. The van der Waals surface area contributed by atoms with Gasteiger partial charge in [0.25, 0.3) is 0 Å². The van der Waals surface area contributed by atoms with E-state index in [1.807, 2.05) is 18.4 Å². The van der Waals surface area contributed by atoms with E-state index in [9.17, 15) is 14.7 Å². The molecule has 0 radical (unpaired) electrons. The third-order valence-corrected chi connectivity index (χ3v) is 5.17. The van der Waals surface area contributed by atoms with Gasteiger partial charge in [-0.2, -0.15) is 0 Å². The molecule has 1 aromatic rings. The van der Waals surface area contributed by atoms with Gasteiger partial charge < -0.3 is 14.9 Å². The smallest absolute Gasteiger partial charge is 0.329 e. The van der Waals surface area contributed by atoms with E-state index in [-0.39, 0.29) is 12.1 Å². The Morgan fingerprint density at radius 1 is 1.50 bits per heavy atom. The molecule has 1 atom stereocenters. The fraction of sp³-hybridized carbons (Fsp3) is 0.571. The Kier molecular flexibility index (Phi) is 3.77. The molecule has 0 saturated carbocycles. The molecule has 2 rings (SSSR count). The summed E-state index contributed by atoms with van der Waals surface area (Å²) in [5.74, 6) is -1.01. The number of fused-ring (bicyclic) bond motifs is 1. The molecule has 0 aromatic carbocycles. The van der Waals surface area contributed by atoms with Crippen LogP contribution in [0.3, 0.4) is 0 Å². The lowest BCUT2D eigenvalue weighted by Gasteiger charge is -2.40. The van der Waals surface area contributed by atoms with Crippen LogP contribution in [0.5, 0.6) is 0 Å². The fourth-order valence-electron chi connectivity index (χ4n) is 2.35. The van der Waals surface area contributed by atoms with Crippen LogP contribution in [0.1, 0.15) is 37.3 Å². The van der Waals surface area contributed by atoms with Crippen LogP contribution in [0, 0.1) is 0 Å². The van der Waals surface area contributed by atoms with Crippen LogP contribution < -0.4 is 0 Å². The highest BCUT2D eigenvalue weighted by Gasteiger charge is 2.39. The Balaban J connectivity index is 2.21. The molecule has 6 heteroatoms. The summed E-state index contributed by atoms with van der Waals surface area (Å²) in [7, 11) is 1.55. The first-order valence-corrected chi connectivity index (χ1v) is 7.49. The fourth-order valence-corrected chi connectivity index (χ4v) is 3.31. The first-order valence-electron chi connectivity index (χ1n) is 6.61. The van der Waals surface area contributed by atoms with Crippen molar-refractivity contribution in [3.05, 3.63) is 21.9 Å². The molecular formula is C14H20N2O3S. The number of carboxylic acids is 1. The molecule has 2 amide bonds. The molecule has 1 aromatic heterocycles. The zero-order chi connectivity index (χ0) is 15.1. The molecule has 0 bridgehead atoms. The number of carbonyl (C=O) groups is 2. The van der Waals surface area contributed by atoms with Crippen LogP contribution in [-0.2, 0) is 11.2 Å². The molecule has 1 aliphatic heterocycles. The van der Waals surface area contributed by atoms with E-state index < -0.39 is 11.5 Å². The Morgan fingerprint density at radius 3 is 2.75 bits per heavy atom.